The second kappa shape index (κ2) is 8.24. The Morgan fingerprint density at radius 1 is 1.16 bits per heavy atom. The zero-order valence-corrected chi connectivity index (χ0v) is 18.5. The molecule has 31 heavy (non-hydrogen) atoms. The summed E-state index contributed by atoms with van der Waals surface area (Å²) in [7, 11) is 0. The molecule has 4 rings (SSSR count). The number of benzene rings is 2. The predicted octanol–water partition coefficient (Wildman–Crippen LogP) is 5.57. The molecule has 5 nitrogen and oxygen atoms in total. The molecular formula is C23H15BrClFN2O3. The van der Waals surface area contributed by atoms with E-state index in [2.05, 4.69) is 20.9 Å². The van der Waals surface area contributed by atoms with Crippen molar-refractivity contribution in [2.75, 3.05) is 4.90 Å². The van der Waals surface area contributed by atoms with Crippen molar-refractivity contribution in [3.63, 3.8) is 0 Å². The fourth-order valence-corrected chi connectivity index (χ4v) is 3.92. The SMILES string of the molecule is Cc1cc(/C(O)=C2\C(=O)C(=O)N(c3ccc(F)c(Cl)c3)C2c2ccccn2)ccc1Br. The second-order valence-corrected chi connectivity index (χ2v) is 8.25. The van der Waals surface area contributed by atoms with E-state index in [1.165, 1.54) is 23.2 Å². The molecule has 1 fully saturated rings. The Bertz CT molecular complexity index is 1250. The van der Waals surface area contributed by atoms with E-state index in [4.69, 9.17) is 11.6 Å². The third-order valence-electron chi connectivity index (χ3n) is 5.03. The number of aliphatic hydroxyl groups excluding tert-OH is 1. The molecule has 1 saturated heterocycles. The maximum atomic E-state index is 13.7. The van der Waals surface area contributed by atoms with Gasteiger partial charge in [-0.3, -0.25) is 19.5 Å². The molecule has 2 aromatic carbocycles. The largest absolute Gasteiger partial charge is 0.507 e. The van der Waals surface area contributed by atoms with Crippen LogP contribution in [0.4, 0.5) is 10.1 Å². The van der Waals surface area contributed by atoms with Crippen LogP contribution < -0.4 is 4.90 Å². The fraction of sp³-hybridized carbons (Fsp3) is 0.0870. The van der Waals surface area contributed by atoms with Crippen LogP contribution in [0.25, 0.3) is 5.76 Å². The highest BCUT2D eigenvalue weighted by molar-refractivity contribution is 9.10. The molecule has 0 spiro atoms. The number of nitrogens with zero attached hydrogens (tertiary/aromatic N) is 2. The molecule has 2 heterocycles. The number of hydrogen-bond acceptors (Lipinski definition) is 4. The number of carbonyl (C=O) groups excluding carboxylic acids is 2. The summed E-state index contributed by atoms with van der Waals surface area (Å²) in [5.74, 6) is -2.70. The van der Waals surface area contributed by atoms with Crippen LogP contribution in [0.2, 0.25) is 5.02 Å². The van der Waals surface area contributed by atoms with Crippen LogP contribution in [0.1, 0.15) is 22.9 Å². The highest BCUT2D eigenvalue weighted by Crippen LogP contribution is 2.42. The molecule has 1 atom stereocenters. The van der Waals surface area contributed by atoms with E-state index in [0.717, 1.165) is 16.1 Å². The molecule has 0 radical (unpaired) electrons. The van der Waals surface area contributed by atoms with E-state index in [0.29, 0.717) is 11.3 Å². The molecule has 8 heteroatoms. The van der Waals surface area contributed by atoms with Gasteiger partial charge in [0, 0.05) is 21.9 Å². The minimum atomic E-state index is -1.01. The van der Waals surface area contributed by atoms with Crippen molar-refractivity contribution < 1.29 is 19.1 Å². The molecule has 0 saturated carbocycles. The summed E-state index contributed by atoms with van der Waals surface area (Å²) in [4.78, 5) is 31.5. The number of hydrogen-bond donors (Lipinski definition) is 1. The molecule has 156 valence electrons. The maximum Gasteiger partial charge on any atom is 0.300 e. The molecule has 0 bridgehead atoms. The summed E-state index contributed by atoms with van der Waals surface area (Å²) >= 11 is 9.32. The topological polar surface area (TPSA) is 70.5 Å². The number of anilines is 1. The molecule has 0 aliphatic carbocycles. The normalized spacial score (nSPS) is 17.9. The maximum absolute atomic E-state index is 13.7. The van der Waals surface area contributed by atoms with Crippen LogP contribution in [0.3, 0.4) is 0 Å². The summed E-state index contributed by atoms with van der Waals surface area (Å²) in [6.07, 6.45) is 1.52. The van der Waals surface area contributed by atoms with Gasteiger partial charge in [0.1, 0.15) is 17.6 Å². The Hall–Kier alpha value is -3.03. The van der Waals surface area contributed by atoms with Crippen molar-refractivity contribution in [1.82, 2.24) is 4.98 Å². The Morgan fingerprint density at radius 2 is 1.94 bits per heavy atom. The van der Waals surface area contributed by atoms with Gasteiger partial charge >= 0.3 is 0 Å². The van der Waals surface area contributed by atoms with Crippen LogP contribution in [0.5, 0.6) is 0 Å². The van der Waals surface area contributed by atoms with Crippen molar-refractivity contribution in [3.8, 4) is 0 Å². The van der Waals surface area contributed by atoms with Crippen molar-refractivity contribution in [2.24, 2.45) is 0 Å². The standard InChI is InChI=1S/C23H15BrClFN2O3/c1-12-10-13(5-7-15(12)24)21(29)19-20(18-4-2-3-9-27-18)28(23(31)22(19)30)14-6-8-17(26)16(25)11-14/h2-11,20,29H,1H3/b21-19+. The predicted molar refractivity (Wildman–Crippen MR) is 119 cm³/mol. The highest BCUT2D eigenvalue weighted by atomic mass is 79.9. The molecule has 1 aliphatic rings. The van der Waals surface area contributed by atoms with E-state index in [9.17, 15) is 19.1 Å². The smallest absolute Gasteiger partial charge is 0.300 e. The van der Waals surface area contributed by atoms with E-state index in [1.807, 2.05) is 6.92 Å². The Kier molecular flexibility index (Phi) is 5.64. The molecule has 1 N–H and O–H groups in total. The first kappa shape index (κ1) is 21.2. The van der Waals surface area contributed by atoms with Crippen LogP contribution >= 0.6 is 27.5 Å². The first-order chi connectivity index (χ1) is 14.8. The van der Waals surface area contributed by atoms with E-state index in [-0.39, 0.29) is 22.0 Å². The number of ketones is 1. The van der Waals surface area contributed by atoms with Gasteiger partial charge in [0.15, 0.2) is 0 Å². The first-order valence-corrected chi connectivity index (χ1v) is 10.4. The van der Waals surface area contributed by atoms with Crippen LogP contribution in [0.15, 0.2) is 70.8 Å². The van der Waals surface area contributed by atoms with Gasteiger partial charge in [-0.1, -0.05) is 39.7 Å². The molecular weight excluding hydrogens is 487 g/mol. The minimum Gasteiger partial charge on any atom is -0.507 e. The van der Waals surface area contributed by atoms with Gasteiger partial charge in [-0.05, 0) is 55.0 Å². The Balaban J connectivity index is 1.95. The summed E-state index contributed by atoms with van der Waals surface area (Å²) in [5, 5.41) is 10.9. The number of pyridine rings is 1. The van der Waals surface area contributed by atoms with Gasteiger partial charge in [-0.2, -0.15) is 0 Å². The summed E-state index contributed by atoms with van der Waals surface area (Å²) in [6, 6.07) is 12.9. The number of aromatic nitrogens is 1. The van der Waals surface area contributed by atoms with E-state index >= 15 is 0 Å². The van der Waals surface area contributed by atoms with Crippen LogP contribution in [-0.2, 0) is 9.59 Å². The van der Waals surface area contributed by atoms with Gasteiger partial charge in [0.05, 0.1) is 16.3 Å². The van der Waals surface area contributed by atoms with Gasteiger partial charge in [-0.15, -0.1) is 0 Å². The number of rotatable bonds is 3. The van der Waals surface area contributed by atoms with E-state index < -0.39 is 23.5 Å². The second-order valence-electron chi connectivity index (χ2n) is 6.99. The number of carbonyl (C=O) groups is 2. The third-order valence-corrected chi connectivity index (χ3v) is 6.20. The average molecular weight is 502 g/mol. The van der Waals surface area contributed by atoms with Crippen molar-refractivity contribution in [1.29, 1.82) is 0 Å². The average Bonchev–Trinajstić information content (AvgIpc) is 3.03. The van der Waals surface area contributed by atoms with Gasteiger partial charge in [0.2, 0.25) is 0 Å². The van der Waals surface area contributed by atoms with Crippen LogP contribution in [-0.4, -0.2) is 21.8 Å². The molecule has 1 amide bonds. The molecule has 1 aromatic heterocycles. The van der Waals surface area contributed by atoms with Crippen molar-refractivity contribution in [3.05, 3.63) is 98.5 Å². The number of aryl methyl sites for hydroxylation is 1. The van der Waals surface area contributed by atoms with E-state index in [1.54, 1.807) is 36.4 Å². The quantitative estimate of drug-likeness (QED) is 0.289. The van der Waals surface area contributed by atoms with Gasteiger partial charge in [0.25, 0.3) is 11.7 Å². The molecule has 1 aliphatic heterocycles. The lowest BCUT2D eigenvalue weighted by atomic mass is 9.97. The summed E-state index contributed by atoms with van der Waals surface area (Å²) < 4.78 is 14.5. The number of aliphatic hydroxyl groups is 1. The van der Waals surface area contributed by atoms with Crippen molar-refractivity contribution >= 4 is 50.7 Å². The zero-order valence-electron chi connectivity index (χ0n) is 16.1. The monoisotopic (exact) mass is 500 g/mol. The molecule has 1 unspecified atom stereocenters. The lowest BCUT2D eigenvalue weighted by Crippen LogP contribution is -2.29. The summed E-state index contributed by atoms with van der Waals surface area (Å²) in [5.41, 5.74) is 1.72. The van der Waals surface area contributed by atoms with Crippen molar-refractivity contribution in [2.45, 2.75) is 13.0 Å². The highest BCUT2D eigenvalue weighted by Gasteiger charge is 2.47. The Labute approximate surface area is 190 Å². The van der Waals surface area contributed by atoms with Gasteiger partial charge in [-0.25, -0.2) is 4.39 Å². The lowest BCUT2D eigenvalue weighted by Gasteiger charge is -2.24. The lowest BCUT2D eigenvalue weighted by molar-refractivity contribution is -0.132. The minimum absolute atomic E-state index is 0.106. The molecule has 3 aromatic rings. The third kappa shape index (κ3) is 3.75. The summed E-state index contributed by atoms with van der Waals surface area (Å²) in [6.45, 7) is 1.84. The zero-order chi connectivity index (χ0) is 22.3. The first-order valence-electron chi connectivity index (χ1n) is 9.23. The Morgan fingerprint density at radius 3 is 2.58 bits per heavy atom. The number of Topliss-reactive ketones (excluding diaryl/α,β-unsaturated/α-hetero) is 1. The fourth-order valence-electron chi connectivity index (χ4n) is 3.50. The number of halogens is 3. The number of amides is 1. The van der Waals surface area contributed by atoms with Gasteiger partial charge < -0.3 is 5.11 Å². The van der Waals surface area contributed by atoms with Crippen LogP contribution in [0, 0.1) is 12.7 Å².